The van der Waals surface area contributed by atoms with Gasteiger partial charge in [-0.1, -0.05) is 6.07 Å². The zero-order valence-corrected chi connectivity index (χ0v) is 10.6. The fourth-order valence-corrected chi connectivity index (χ4v) is 2.61. The lowest BCUT2D eigenvalue weighted by atomic mass is 9.92. The lowest BCUT2D eigenvalue weighted by molar-refractivity contribution is 0.440. The topological polar surface area (TPSA) is 42.7 Å². The van der Waals surface area contributed by atoms with Crippen molar-refractivity contribution in [2.75, 3.05) is 0 Å². The number of hydrogen-bond acceptors (Lipinski definition) is 3. The molecule has 94 valence electrons. The first-order valence-corrected chi connectivity index (χ1v) is 6.48. The van der Waals surface area contributed by atoms with Gasteiger partial charge in [-0.3, -0.25) is 9.67 Å². The molecule has 1 unspecified atom stereocenters. The molecule has 2 aromatic heterocycles. The molecule has 0 aliphatic heterocycles. The van der Waals surface area contributed by atoms with Crippen LogP contribution in [0.2, 0.25) is 0 Å². The van der Waals surface area contributed by atoms with Gasteiger partial charge in [-0.05, 0) is 37.0 Å². The molecule has 1 aliphatic rings. The molecule has 0 saturated heterocycles. The molecular weight excluding hydrogens is 224 g/mol. The third-order valence-corrected chi connectivity index (χ3v) is 3.65. The Labute approximate surface area is 107 Å². The summed E-state index contributed by atoms with van der Waals surface area (Å²) in [5.74, 6) is 0. The summed E-state index contributed by atoms with van der Waals surface area (Å²) < 4.78 is 1.91. The van der Waals surface area contributed by atoms with Crippen LogP contribution in [-0.2, 0) is 20.0 Å². The Bertz CT molecular complexity index is 532. The summed E-state index contributed by atoms with van der Waals surface area (Å²) in [5, 5.41) is 7.78. The summed E-state index contributed by atoms with van der Waals surface area (Å²) in [6.07, 6.45) is 7.30. The van der Waals surface area contributed by atoms with Gasteiger partial charge in [-0.2, -0.15) is 5.10 Å². The molecule has 0 radical (unpaired) electrons. The molecule has 3 rings (SSSR count). The van der Waals surface area contributed by atoms with Crippen LogP contribution in [0.25, 0.3) is 0 Å². The zero-order valence-electron chi connectivity index (χ0n) is 10.6. The minimum Gasteiger partial charge on any atom is -0.303 e. The first-order chi connectivity index (χ1) is 8.84. The van der Waals surface area contributed by atoms with Gasteiger partial charge in [0, 0.05) is 26.0 Å². The molecule has 1 aliphatic carbocycles. The van der Waals surface area contributed by atoms with Crippen molar-refractivity contribution in [3.8, 4) is 0 Å². The van der Waals surface area contributed by atoms with E-state index >= 15 is 0 Å². The van der Waals surface area contributed by atoms with E-state index in [4.69, 9.17) is 0 Å². The Morgan fingerprint density at radius 1 is 1.39 bits per heavy atom. The van der Waals surface area contributed by atoms with Crippen molar-refractivity contribution < 1.29 is 0 Å². The lowest BCUT2D eigenvalue weighted by Crippen LogP contribution is -2.26. The molecule has 4 heteroatoms. The second-order valence-electron chi connectivity index (χ2n) is 4.82. The van der Waals surface area contributed by atoms with E-state index in [-0.39, 0.29) is 0 Å². The molecule has 1 atom stereocenters. The summed E-state index contributed by atoms with van der Waals surface area (Å²) in [6, 6.07) is 6.66. The maximum absolute atomic E-state index is 4.54. The molecule has 0 fully saturated rings. The average molecular weight is 242 g/mol. The van der Waals surface area contributed by atoms with Crippen LogP contribution < -0.4 is 5.32 Å². The number of nitrogens with one attached hydrogen (secondary N) is 1. The predicted molar refractivity (Wildman–Crippen MR) is 70.0 cm³/mol. The normalized spacial score (nSPS) is 18.6. The van der Waals surface area contributed by atoms with Crippen LogP contribution in [0, 0.1) is 0 Å². The number of aryl methyl sites for hydroxylation is 2. The minimum atomic E-state index is 0.379. The maximum Gasteiger partial charge on any atom is 0.0605 e. The van der Waals surface area contributed by atoms with E-state index in [1.165, 1.54) is 29.8 Å². The zero-order chi connectivity index (χ0) is 12.4. The van der Waals surface area contributed by atoms with Crippen molar-refractivity contribution in [3.63, 3.8) is 0 Å². The number of pyridine rings is 1. The highest BCUT2D eigenvalue weighted by atomic mass is 15.3. The highest BCUT2D eigenvalue weighted by Crippen LogP contribution is 2.27. The van der Waals surface area contributed by atoms with Crippen molar-refractivity contribution in [2.45, 2.75) is 31.8 Å². The van der Waals surface area contributed by atoms with Crippen molar-refractivity contribution in [3.05, 3.63) is 47.5 Å². The molecule has 0 bridgehead atoms. The Morgan fingerprint density at radius 2 is 2.33 bits per heavy atom. The lowest BCUT2D eigenvalue weighted by Gasteiger charge is -2.25. The molecule has 0 aromatic carbocycles. The van der Waals surface area contributed by atoms with Gasteiger partial charge in [0.25, 0.3) is 0 Å². The van der Waals surface area contributed by atoms with Crippen LogP contribution in [0.15, 0.2) is 30.6 Å². The highest BCUT2D eigenvalue weighted by molar-refractivity contribution is 5.25. The van der Waals surface area contributed by atoms with Crippen LogP contribution in [0.5, 0.6) is 0 Å². The summed E-state index contributed by atoms with van der Waals surface area (Å²) in [5.41, 5.74) is 3.83. The van der Waals surface area contributed by atoms with Gasteiger partial charge in [0.05, 0.1) is 17.4 Å². The number of aromatic nitrogens is 3. The van der Waals surface area contributed by atoms with Gasteiger partial charge in [-0.15, -0.1) is 0 Å². The third kappa shape index (κ3) is 2.16. The summed E-state index contributed by atoms with van der Waals surface area (Å²) in [6.45, 7) is 0.844. The van der Waals surface area contributed by atoms with Gasteiger partial charge >= 0.3 is 0 Å². The second kappa shape index (κ2) is 4.90. The van der Waals surface area contributed by atoms with E-state index in [0.29, 0.717) is 6.04 Å². The van der Waals surface area contributed by atoms with Crippen LogP contribution >= 0.6 is 0 Å². The summed E-state index contributed by atoms with van der Waals surface area (Å²) in [4.78, 5) is 4.54. The molecule has 4 nitrogen and oxygen atoms in total. The molecule has 0 saturated carbocycles. The molecular formula is C14H18N4. The van der Waals surface area contributed by atoms with E-state index in [9.17, 15) is 0 Å². The van der Waals surface area contributed by atoms with Gasteiger partial charge in [0.1, 0.15) is 0 Å². The number of nitrogens with zero attached hydrogens (tertiary/aromatic N) is 3. The van der Waals surface area contributed by atoms with Gasteiger partial charge in [0.2, 0.25) is 0 Å². The Hall–Kier alpha value is -1.68. The summed E-state index contributed by atoms with van der Waals surface area (Å²) >= 11 is 0. The monoisotopic (exact) mass is 242 g/mol. The number of fused-ring (bicyclic) bond motifs is 1. The van der Waals surface area contributed by atoms with Crippen molar-refractivity contribution in [2.24, 2.45) is 7.05 Å². The van der Waals surface area contributed by atoms with Gasteiger partial charge < -0.3 is 5.32 Å². The van der Waals surface area contributed by atoms with Crippen molar-refractivity contribution >= 4 is 0 Å². The number of hydrogen-bond donors (Lipinski definition) is 1. The van der Waals surface area contributed by atoms with Crippen LogP contribution in [0.4, 0.5) is 0 Å². The first-order valence-electron chi connectivity index (χ1n) is 6.48. The van der Waals surface area contributed by atoms with Gasteiger partial charge in [-0.25, -0.2) is 0 Å². The Balaban J connectivity index is 1.73. The molecule has 2 heterocycles. The predicted octanol–water partition coefficient (Wildman–Crippen LogP) is 1.98. The molecule has 18 heavy (non-hydrogen) atoms. The van der Waals surface area contributed by atoms with E-state index < -0.39 is 0 Å². The van der Waals surface area contributed by atoms with Crippen LogP contribution in [0.1, 0.15) is 35.8 Å². The van der Waals surface area contributed by atoms with E-state index in [2.05, 4.69) is 27.5 Å². The molecule has 2 aromatic rings. The smallest absolute Gasteiger partial charge is 0.0605 e. The molecule has 0 spiro atoms. The van der Waals surface area contributed by atoms with E-state index in [1.54, 1.807) is 0 Å². The van der Waals surface area contributed by atoms with E-state index in [1.807, 2.05) is 30.2 Å². The quantitative estimate of drug-likeness (QED) is 0.895. The standard InChI is InChI=1S/C14H18N4/c1-18-12(7-9-17-18)10-16-13-6-2-4-11-5-3-8-15-14(11)13/h3,5,7-9,13,16H,2,4,6,10H2,1H3. The van der Waals surface area contributed by atoms with Crippen molar-refractivity contribution in [1.29, 1.82) is 0 Å². The Morgan fingerprint density at radius 3 is 3.17 bits per heavy atom. The Kier molecular flexibility index (Phi) is 3.11. The van der Waals surface area contributed by atoms with Gasteiger partial charge in [0.15, 0.2) is 0 Å². The van der Waals surface area contributed by atoms with E-state index in [0.717, 1.165) is 13.0 Å². The maximum atomic E-state index is 4.54. The summed E-state index contributed by atoms with van der Waals surface area (Å²) in [7, 11) is 1.98. The third-order valence-electron chi connectivity index (χ3n) is 3.65. The van der Waals surface area contributed by atoms with Crippen molar-refractivity contribution in [1.82, 2.24) is 20.1 Å². The highest BCUT2D eigenvalue weighted by Gasteiger charge is 2.20. The average Bonchev–Trinajstić information content (AvgIpc) is 2.82. The molecule has 0 amide bonds. The molecule has 1 N–H and O–H groups in total. The minimum absolute atomic E-state index is 0.379. The number of rotatable bonds is 3. The first kappa shape index (κ1) is 11.4. The van der Waals surface area contributed by atoms with Crippen LogP contribution in [-0.4, -0.2) is 14.8 Å². The van der Waals surface area contributed by atoms with Crippen LogP contribution in [0.3, 0.4) is 0 Å². The second-order valence-corrected chi connectivity index (χ2v) is 4.82. The fourth-order valence-electron chi connectivity index (χ4n) is 2.61. The fraction of sp³-hybridized carbons (Fsp3) is 0.429. The SMILES string of the molecule is Cn1nccc1CNC1CCCc2cccnc21. The largest absolute Gasteiger partial charge is 0.303 e.